The lowest BCUT2D eigenvalue weighted by Crippen LogP contribution is -2.22. The minimum absolute atomic E-state index is 0.0324. The van der Waals surface area contributed by atoms with Gasteiger partial charge in [0.15, 0.2) is 5.78 Å². The zero-order valence-corrected chi connectivity index (χ0v) is 8.96. The molecule has 0 atom stereocenters. The Morgan fingerprint density at radius 1 is 1.43 bits per heavy atom. The lowest BCUT2D eigenvalue weighted by molar-refractivity contribution is 0.0858. The zero-order chi connectivity index (χ0) is 10.9. The molecule has 0 aliphatic rings. The number of carbonyl (C=O) groups is 1. The van der Waals surface area contributed by atoms with Crippen molar-refractivity contribution >= 4 is 11.6 Å². The van der Waals surface area contributed by atoms with E-state index in [4.69, 9.17) is 5.73 Å². The van der Waals surface area contributed by atoms with E-state index >= 15 is 0 Å². The number of rotatable bonds is 1. The number of nitrogens with two attached hydrogens (primary N) is 1. The van der Waals surface area contributed by atoms with Crippen molar-refractivity contribution in [3.05, 3.63) is 17.6 Å². The van der Waals surface area contributed by atoms with Gasteiger partial charge in [0, 0.05) is 11.6 Å². The van der Waals surface area contributed by atoms with Gasteiger partial charge < -0.3 is 5.73 Å². The number of hydrogen-bond donors (Lipinski definition) is 1. The van der Waals surface area contributed by atoms with Gasteiger partial charge in [-0.05, 0) is 6.92 Å². The summed E-state index contributed by atoms with van der Waals surface area (Å²) in [5.74, 6) is 0.806. The van der Waals surface area contributed by atoms with Gasteiger partial charge in [-0.1, -0.05) is 20.8 Å². The Hall–Kier alpha value is -1.45. The largest absolute Gasteiger partial charge is 0.383 e. The number of hydrogen-bond acceptors (Lipinski definition) is 4. The van der Waals surface area contributed by atoms with Crippen molar-refractivity contribution in [2.75, 3.05) is 5.73 Å². The zero-order valence-electron chi connectivity index (χ0n) is 8.96. The summed E-state index contributed by atoms with van der Waals surface area (Å²) in [6.07, 6.45) is 1.49. The van der Waals surface area contributed by atoms with Crippen molar-refractivity contribution in [1.82, 2.24) is 9.97 Å². The van der Waals surface area contributed by atoms with Crippen LogP contribution in [0.5, 0.6) is 0 Å². The molecule has 4 heteroatoms. The molecule has 4 nitrogen and oxygen atoms in total. The van der Waals surface area contributed by atoms with Crippen LogP contribution in [0.3, 0.4) is 0 Å². The van der Waals surface area contributed by atoms with Crippen LogP contribution < -0.4 is 5.73 Å². The quantitative estimate of drug-likeness (QED) is 0.688. The summed E-state index contributed by atoms with van der Waals surface area (Å²) in [6.45, 7) is 7.26. The second kappa shape index (κ2) is 3.36. The third-order valence-electron chi connectivity index (χ3n) is 1.86. The lowest BCUT2D eigenvalue weighted by Gasteiger charge is -2.16. The summed E-state index contributed by atoms with van der Waals surface area (Å²) in [5.41, 5.74) is 5.60. The van der Waals surface area contributed by atoms with Gasteiger partial charge in [0.2, 0.25) is 0 Å². The van der Waals surface area contributed by atoms with E-state index in [0.29, 0.717) is 11.4 Å². The molecule has 0 aliphatic heterocycles. The van der Waals surface area contributed by atoms with Gasteiger partial charge in [0.1, 0.15) is 11.6 Å². The summed E-state index contributed by atoms with van der Waals surface area (Å²) < 4.78 is 0. The SMILES string of the molecule is Cc1ncc(C(=O)C(C)(C)C)c(N)n1. The van der Waals surface area contributed by atoms with Crippen molar-refractivity contribution in [2.45, 2.75) is 27.7 Å². The topological polar surface area (TPSA) is 68.9 Å². The van der Waals surface area contributed by atoms with Crippen LogP contribution in [-0.4, -0.2) is 15.8 Å². The molecule has 1 aromatic rings. The minimum atomic E-state index is -0.452. The van der Waals surface area contributed by atoms with Gasteiger partial charge in [-0.25, -0.2) is 9.97 Å². The molecular formula is C10H15N3O. The first-order chi connectivity index (χ1) is 6.32. The molecular weight excluding hydrogens is 178 g/mol. The Morgan fingerprint density at radius 3 is 2.43 bits per heavy atom. The Kier molecular flexibility index (Phi) is 2.55. The number of nitrogens with zero attached hydrogens (tertiary/aromatic N) is 2. The molecule has 0 amide bonds. The van der Waals surface area contributed by atoms with Gasteiger partial charge >= 0.3 is 0 Å². The van der Waals surface area contributed by atoms with Crippen LogP contribution in [-0.2, 0) is 0 Å². The first kappa shape index (κ1) is 10.6. The minimum Gasteiger partial charge on any atom is -0.383 e. The first-order valence-corrected chi connectivity index (χ1v) is 4.46. The van der Waals surface area contributed by atoms with E-state index in [1.807, 2.05) is 20.8 Å². The third kappa shape index (κ3) is 2.07. The van der Waals surface area contributed by atoms with Crippen LogP contribution in [0.1, 0.15) is 37.0 Å². The Morgan fingerprint density at radius 2 is 2.00 bits per heavy atom. The van der Waals surface area contributed by atoms with E-state index in [9.17, 15) is 4.79 Å². The van der Waals surface area contributed by atoms with Gasteiger partial charge in [-0.15, -0.1) is 0 Å². The van der Waals surface area contributed by atoms with Crippen molar-refractivity contribution in [3.63, 3.8) is 0 Å². The van der Waals surface area contributed by atoms with E-state index in [0.717, 1.165) is 0 Å². The molecule has 0 bridgehead atoms. The normalized spacial score (nSPS) is 11.4. The molecule has 0 aliphatic carbocycles. The van der Waals surface area contributed by atoms with Crippen LogP contribution in [0.4, 0.5) is 5.82 Å². The van der Waals surface area contributed by atoms with Gasteiger partial charge in [0.05, 0.1) is 5.56 Å². The second-order valence-corrected chi connectivity index (χ2v) is 4.30. The Bertz CT molecular complexity index is 366. The maximum Gasteiger partial charge on any atom is 0.173 e. The fourth-order valence-corrected chi connectivity index (χ4v) is 1.07. The number of carbonyl (C=O) groups excluding carboxylic acids is 1. The molecule has 76 valence electrons. The summed E-state index contributed by atoms with van der Waals surface area (Å²) in [7, 11) is 0. The van der Waals surface area contributed by atoms with Gasteiger partial charge in [0.25, 0.3) is 0 Å². The van der Waals surface area contributed by atoms with Crippen molar-refractivity contribution in [2.24, 2.45) is 5.41 Å². The molecule has 0 aromatic carbocycles. The summed E-state index contributed by atoms with van der Waals surface area (Å²) in [5, 5.41) is 0. The predicted molar refractivity (Wildman–Crippen MR) is 55.0 cm³/mol. The van der Waals surface area contributed by atoms with E-state index in [-0.39, 0.29) is 11.6 Å². The molecule has 1 heterocycles. The Labute approximate surface area is 83.6 Å². The summed E-state index contributed by atoms with van der Waals surface area (Å²) in [4.78, 5) is 19.8. The van der Waals surface area contributed by atoms with Crippen LogP contribution in [0.15, 0.2) is 6.20 Å². The van der Waals surface area contributed by atoms with Crippen LogP contribution >= 0.6 is 0 Å². The molecule has 1 aromatic heterocycles. The average Bonchev–Trinajstić information content (AvgIpc) is 2.01. The highest BCUT2D eigenvalue weighted by molar-refractivity contribution is 6.02. The predicted octanol–water partition coefficient (Wildman–Crippen LogP) is 1.60. The van der Waals surface area contributed by atoms with Gasteiger partial charge in [-0.2, -0.15) is 0 Å². The Balaban J connectivity index is 3.15. The molecule has 2 N–H and O–H groups in total. The maximum absolute atomic E-state index is 11.8. The van der Waals surface area contributed by atoms with E-state index < -0.39 is 5.41 Å². The summed E-state index contributed by atoms with van der Waals surface area (Å²) >= 11 is 0. The van der Waals surface area contributed by atoms with E-state index in [1.54, 1.807) is 6.92 Å². The third-order valence-corrected chi connectivity index (χ3v) is 1.86. The molecule has 0 saturated heterocycles. The number of aromatic nitrogens is 2. The monoisotopic (exact) mass is 193 g/mol. The van der Waals surface area contributed by atoms with Crippen LogP contribution in [0, 0.1) is 12.3 Å². The molecule has 0 spiro atoms. The second-order valence-electron chi connectivity index (χ2n) is 4.30. The van der Waals surface area contributed by atoms with Crippen LogP contribution in [0.25, 0.3) is 0 Å². The molecule has 14 heavy (non-hydrogen) atoms. The summed E-state index contributed by atoms with van der Waals surface area (Å²) in [6, 6.07) is 0. The van der Waals surface area contributed by atoms with Crippen molar-refractivity contribution in [3.8, 4) is 0 Å². The number of ketones is 1. The van der Waals surface area contributed by atoms with Crippen molar-refractivity contribution in [1.29, 1.82) is 0 Å². The maximum atomic E-state index is 11.8. The number of nitrogen functional groups attached to an aromatic ring is 1. The standard InChI is InChI=1S/C10H15N3O/c1-6-12-5-7(9(11)13-6)8(14)10(2,3)4/h5H,1-4H3,(H2,11,12,13). The fraction of sp³-hybridized carbons (Fsp3) is 0.500. The number of aryl methyl sites for hydroxylation is 1. The van der Waals surface area contributed by atoms with Crippen LogP contribution in [0.2, 0.25) is 0 Å². The number of anilines is 1. The molecule has 0 radical (unpaired) electrons. The smallest absolute Gasteiger partial charge is 0.173 e. The lowest BCUT2D eigenvalue weighted by atomic mass is 9.87. The molecule has 0 saturated carbocycles. The fourth-order valence-electron chi connectivity index (χ4n) is 1.07. The molecule has 0 fully saturated rings. The molecule has 0 unspecified atom stereocenters. The molecule has 1 rings (SSSR count). The highest BCUT2D eigenvalue weighted by atomic mass is 16.1. The van der Waals surface area contributed by atoms with Gasteiger partial charge in [-0.3, -0.25) is 4.79 Å². The number of Topliss-reactive ketones (excluding diaryl/α,β-unsaturated/α-hetero) is 1. The highest BCUT2D eigenvalue weighted by Gasteiger charge is 2.25. The first-order valence-electron chi connectivity index (χ1n) is 4.46. The average molecular weight is 193 g/mol. The van der Waals surface area contributed by atoms with Crippen molar-refractivity contribution < 1.29 is 4.79 Å². The highest BCUT2D eigenvalue weighted by Crippen LogP contribution is 2.22. The van der Waals surface area contributed by atoms with E-state index in [1.165, 1.54) is 6.20 Å². The van der Waals surface area contributed by atoms with E-state index in [2.05, 4.69) is 9.97 Å².